The molecule has 2 heterocycles. The number of rotatable bonds is 9. The van der Waals surface area contributed by atoms with Gasteiger partial charge >= 0.3 is 0 Å². The van der Waals surface area contributed by atoms with E-state index in [-0.39, 0.29) is 37.7 Å². The minimum Gasteiger partial charge on any atom is -0.503 e. The lowest BCUT2D eigenvalue weighted by Gasteiger charge is -2.27. The van der Waals surface area contributed by atoms with E-state index in [0.29, 0.717) is 16.2 Å². The highest BCUT2D eigenvalue weighted by Gasteiger charge is 2.43. The molecular weight excluding hydrogens is 382 g/mol. The molecule has 0 fully saturated rings. The van der Waals surface area contributed by atoms with Gasteiger partial charge in [-0.15, -0.1) is 11.3 Å². The molecule has 28 heavy (non-hydrogen) atoms. The molecule has 3 rings (SSSR count). The third-order valence-corrected chi connectivity index (χ3v) is 5.28. The van der Waals surface area contributed by atoms with Crippen molar-refractivity contribution in [2.75, 3.05) is 33.5 Å². The van der Waals surface area contributed by atoms with Gasteiger partial charge in [0.25, 0.3) is 5.91 Å². The summed E-state index contributed by atoms with van der Waals surface area (Å²) < 4.78 is 10.5. The average Bonchev–Trinajstić information content (AvgIpc) is 3.33. The van der Waals surface area contributed by atoms with Crippen LogP contribution in [0.2, 0.25) is 0 Å². The largest absolute Gasteiger partial charge is 0.503 e. The molecule has 0 saturated heterocycles. The summed E-state index contributed by atoms with van der Waals surface area (Å²) in [5.74, 6) is -0.975. The zero-order valence-corrected chi connectivity index (χ0v) is 16.1. The third kappa shape index (κ3) is 3.94. The predicted octanol–water partition coefficient (Wildman–Crippen LogP) is 2.34. The molecule has 7 nitrogen and oxygen atoms in total. The molecule has 0 saturated carbocycles. The lowest BCUT2D eigenvalue weighted by Crippen LogP contribution is -2.34. The minimum absolute atomic E-state index is 0.0443. The fourth-order valence-electron chi connectivity index (χ4n) is 3.14. The number of Topliss-reactive ketones (excluding diaryl/α,β-unsaturated/α-hetero) is 1. The topological polar surface area (TPSA) is 96.3 Å². The number of benzene rings is 1. The summed E-state index contributed by atoms with van der Waals surface area (Å²) in [4.78, 5) is 27.6. The molecule has 0 aliphatic carbocycles. The minimum atomic E-state index is -0.755. The van der Waals surface area contributed by atoms with Crippen molar-refractivity contribution >= 4 is 23.0 Å². The fourth-order valence-corrected chi connectivity index (χ4v) is 3.82. The number of thiophene rings is 1. The van der Waals surface area contributed by atoms with Crippen LogP contribution in [0.5, 0.6) is 5.75 Å². The number of ether oxygens (including phenoxy) is 2. The molecule has 8 heteroatoms. The van der Waals surface area contributed by atoms with Crippen LogP contribution in [0.25, 0.3) is 0 Å². The van der Waals surface area contributed by atoms with Crippen LogP contribution in [-0.4, -0.2) is 60.3 Å². The second kappa shape index (κ2) is 9.01. The Labute approximate surface area is 166 Å². The number of methoxy groups -OCH3 is 1. The Morgan fingerprint density at radius 2 is 2.07 bits per heavy atom. The summed E-state index contributed by atoms with van der Waals surface area (Å²) in [6.45, 7) is 0.345. The van der Waals surface area contributed by atoms with Gasteiger partial charge in [-0.1, -0.05) is 18.2 Å². The van der Waals surface area contributed by atoms with E-state index >= 15 is 0 Å². The number of nitrogens with zero attached hydrogens (tertiary/aromatic N) is 1. The first-order valence-electron chi connectivity index (χ1n) is 8.73. The summed E-state index contributed by atoms with van der Waals surface area (Å²) in [6, 6.07) is 9.69. The normalized spacial score (nSPS) is 16.7. The van der Waals surface area contributed by atoms with Crippen LogP contribution in [0.3, 0.4) is 0 Å². The first kappa shape index (κ1) is 20.1. The molecule has 1 aliphatic rings. The van der Waals surface area contributed by atoms with E-state index in [9.17, 15) is 14.7 Å². The van der Waals surface area contributed by atoms with E-state index < -0.39 is 17.7 Å². The number of hydrogen-bond donors (Lipinski definition) is 2. The first-order chi connectivity index (χ1) is 13.6. The average molecular weight is 403 g/mol. The molecule has 0 unspecified atom stereocenters. The summed E-state index contributed by atoms with van der Waals surface area (Å²) in [5.41, 5.74) is 0.696. The number of carbonyl (C=O) groups excluding carboxylic acids is 2. The summed E-state index contributed by atoms with van der Waals surface area (Å²) >= 11 is 1.25. The number of hydrogen-bond acceptors (Lipinski definition) is 7. The highest BCUT2D eigenvalue weighted by Crippen LogP contribution is 2.40. The number of amides is 1. The monoisotopic (exact) mass is 403 g/mol. The van der Waals surface area contributed by atoms with Gasteiger partial charge < -0.3 is 24.6 Å². The van der Waals surface area contributed by atoms with Crippen LogP contribution >= 0.6 is 11.3 Å². The Kier molecular flexibility index (Phi) is 6.45. The molecular formula is C20H21NO6S. The zero-order valence-electron chi connectivity index (χ0n) is 15.3. The summed E-state index contributed by atoms with van der Waals surface area (Å²) in [5, 5.41) is 21.1. The Bertz CT molecular complexity index is 877. The molecule has 2 aromatic rings. The number of aliphatic hydroxyl groups is 2. The molecule has 1 aromatic carbocycles. The first-order valence-corrected chi connectivity index (χ1v) is 9.61. The smallest absolute Gasteiger partial charge is 0.290 e. The van der Waals surface area contributed by atoms with Crippen LogP contribution in [0.15, 0.2) is 53.1 Å². The second-order valence-electron chi connectivity index (χ2n) is 6.08. The molecule has 0 bridgehead atoms. The van der Waals surface area contributed by atoms with Gasteiger partial charge in [-0.25, -0.2) is 0 Å². The molecule has 0 spiro atoms. The summed E-state index contributed by atoms with van der Waals surface area (Å²) in [7, 11) is 1.53. The van der Waals surface area contributed by atoms with Gasteiger partial charge in [0.15, 0.2) is 5.76 Å². The van der Waals surface area contributed by atoms with E-state index in [0.717, 1.165) is 0 Å². The molecule has 2 N–H and O–H groups in total. The maximum absolute atomic E-state index is 13.0. The number of carbonyl (C=O) groups is 2. The van der Waals surface area contributed by atoms with Crippen LogP contribution in [0.1, 0.15) is 21.3 Å². The zero-order chi connectivity index (χ0) is 20.1. The summed E-state index contributed by atoms with van der Waals surface area (Å²) in [6.07, 6.45) is 0. The Hall–Kier alpha value is -2.68. The van der Waals surface area contributed by atoms with Gasteiger partial charge in [0.1, 0.15) is 5.75 Å². The van der Waals surface area contributed by atoms with E-state index in [1.807, 2.05) is 0 Å². The van der Waals surface area contributed by atoms with Gasteiger partial charge in [-0.05, 0) is 29.1 Å². The van der Waals surface area contributed by atoms with Gasteiger partial charge in [0.05, 0.1) is 43.4 Å². The van der Waals surface area contributed by atoms with Crippen molar-refractivity contribution < 1.29 is 29.3 Å². The number of ketones is 1. The highest BCUT2D eigenvalue weighted by molar-refractivity contribution is 7.12. The SMILES string of the molecule is COc1cccc([C@@H]2C(C(=O)c3cccs3)=C(O)C(=O)N2CCOCCO)c1. The molecule has 1 atom stereocenters. The standard InChI is InChI=1S/C20H21NO6S/c1-26-14-5-2-4-13(12-14)17-16(18(23)15-6-3-11-28-15)19(24)20(25)21(17)7-9-27-10-8-22/h2-6,11-12,17,22,24H,7-10H2,1H3/t17-/m1/s1. The second-order valence-corrected chi connectivity index (χ2v) is 7.03. The quantitative estimate of drug-likeness (QED) is 0.493. The molecule has 1 amide bonds. The van der Waals surface area contributed by atoms with Crippen molar-refractivity contribution in [3.63, 3.8) is 0 Å². The number of aliphatic hydroxyl groups excluding tert-OH is 2. The van der Waals surface area contributed by atoms with Crippen molar-refractivity contribution in [3.05, 3.63) is 63.6 Å². The lowest BCUT2D eigenvalue weighted by molar-refractivity contribution is -0.130. The maximum atomic E-state index is 13.0. The predicted molar refractivity (Wildman–Crippen MR) is 104 cm³/mol. The van der Waals surface area contributed by atoms with E-state index in [2.05, 4.69) is 0 Å². The van der Waals surface area contributed by atoms with E-state index in [1.54, 1.807) is 41.8 Å². The third-order valence-electron chi connectivity index (χ3n) is 4.41. The highest BCUT2D eigenvalue weighted by atomic mass is 32.1. The lowest BCUT2D eigenvalue weighted by atomic mass is 9.95. The van der Waals surface area contributed by atoms with Crippen molar-refractivity contribution in [2.45, 2.75) is 6.04 Å². The van der Waals surface area contributed by atoms with Crippen molar-refractivity contribution in [1.82, 2.24) is 4.90 Å². The fraction of sp³-hybridized carbons (Fsp3) is 0.300. The Balaban J connectivity index is 1.99. The van der Waals surface area contributed by atoms with Crippen LogP contribution in [0, 0.1) is 0 Å². The van der Waals surface area contributed by atoms with Gasteiger partial charge in [0, 0.05) is 6.54 Å². The van der Waals surface area contributed by atoms with Crippen LogP contribution in [-0.2, 0) is 9.53 Å². The van der Waals surface area contributed by atoms with Crippen molar-refractivity contribution in [3.8, 4) is 5.75 Å². The molecule has 1 aliphatic heterocycles. The Morgan fingerprint density at radius 3 is 2.75 bits per heavy atom. The maximum Gasteiger partial charge on any atom is 0.290 e. The molecule has 1 aromatic heterocycles. The molecule has 148 valence electrons. The van der Waals surface area contributed by atoms with Crippen molar-refractivity contribution in [2.24, 2.45) is 0 Å². The van der Waals surface area contributed by atoms with E-state index in [1.165, 1.54) is 23.3 Å². The van der Waals surface area contributed by atoms with Gasteiger partial charge in [0.2, 0.25) is 5.78 Å². The Morgan fingerprint density at radius 1 is 1.25 bits per heavy atom. The van der Waals surface area contributed by atoms with Crippen LogP contribution < -0.4 is 4.74 Å². The van der Waals surface area contributed by atoms with Crippen LogP contribution in [0.4, 0.5) is 0 Å². The van der Waals surface area contributed by atoms with Gasteiger partial charge in [-0.3, -0.25) is 9.59 Å². The van der Waals surface area contributed by atoms with E-state index in [4.69, 9.17) is 14.6 Å². The molecule has 0 radical (unpaired) electrons. The van der Waals surface area contributed by atoms with Crippen molar-refractivity contribution in [1.29, 1.82) is 0 Å². The van der Waals surface area contributed by atoms with Gasteiger partial charge in [-0.2, -0.15) is 0 Å².